The minimum atomic E-state index is -0.333. The number of thiophene rings is 1. The van der Waals surface area contributed by atoms with E-state index in [1.165, 1.54) is 5.56 Å². The Balaban J connectivity index is 2.00. The van der Waals surface area contributed by atoms with Gasteiger partial charge in [0.1, 0.15) is 0 Å². The Morgan fingerprint density at radius 3 is 3.00 bits per heavy atom. The SMILES string of the molecule is CCCN(Cc1ccsc1)Cc1nc(C(=O)NC)no1. The first kappa shape index (κ1) is 14.7. The first-order chi connectivity index (χ1) is 9.72. The summed E-state index contributed by atoms with van der Waals surface area (Å²) in [5, 5.41) is 10.3. The second-order valence-corrected chi connectivity index (χ2v) is 5.21. The highest BCUT2D eigenvalue weighted by Crippen LogP contribution is 2.12. The van der Waals surface area contributed by atoms with Crippen molar-refractivity contribution in [3.8, 4) is 0 Å². The summed E-state index contributed by atoms with van der Waals surface area (Å²) in [5.41, 5.74) is 1.27. The van der Waals surface area contributed by atoms with Crippen LogP contribution in [-0.4, -0.2) is 34.5 Å². The molecule has 0 fully saturated rings. The van der Waals surface area contributed by atoms with E-state index in [0.29, 0.717) is 12.4 Å². The number of carbonyl (C=O) groups excluding carboxylic acids is 1. The molecule has 20 heavy (non-hydrogen) atoms. The minimum Gasteiger partial charge on any atom is -0.352 e. The molecule has 0 aromatic carbocycles. The number of nitrogens with zero attached hydrogens (tertiary/aromatic N) is 3. The lowest BCUT2D eigenvalue weighted by molar-refractivity contribution is 0.0950. The number of hydrogen-bond donors (Lipinski definition) is 1. The largest absolute Gasteiger partial charge is 0.352 e. The Kier molecular flexibility index (Phi) is 5.25. The summed E-state index contributed by atoms with van der Waals surface area (Å²) in [5.74, 6) is 0.210. The van der Waals surface area contributed by atoms with Gasteiger partial charge in [0.2, 0.25) is 5.89 Å². The highest BCUT2D eigenvalue weighted by atomic mass is 32.1. The van der Waals surface area contributed by atoms with Crippen LogP contribution in [0.2, 0.25) is 0 Å². The molecule has 1 N–H and O–H groups in total. The van der Waals surface area contributed by atoms with E-state index in [0.717, 1.165) is 19.5 Å². The Bertz CT molecular complexity index is 538. The van der Waals surface area contributed by atoms with Gasteiger partial charge in [-0.2, -0.15) is 16.3 Å². The van der Waals surface area contributed by atoms with Crippen molar-refractivity contribution in [2.24, 2.45) is 0 Å². The predicted molar refractivity (Wildman–Crippen MR) is 76.4 cm³/mol. The van der Waals surface area contributed by atoms with Crippen LogP contribution in [0.25, 0.3) is 0 Å². The molecule has 0 radical (unpaired) electrons. The summed E-state index contributed by atoms with van der Waals surface area (Å²) in [6.45, 7) is 4.46. The van der Waals surface area contributed by atoms with Crippen LogP contribution in [0, 0.1) is 0 Å². The zero-order valence-corrected chi connectivity index (χ0v) is 12.4. The molecule has 0 atom stereocenters. The molecule has 0 saturated carbocycles. The third-order valence-electron chi connectivity index (χ3n) is 2.78. The van der Waals surface area contributed by atoms with Crippen LogP contribution in [-0.2, 0) is 13.1 Å². The van der Waals surface area contributed by atoms with E-state index >= 15 is 0 Å². The van der Waals surface area contributed by atoms with Crippen molar-refractivity contribution in [1.82, 2.24) is 20.4 Å². The number of rotatable bonds is 7. The molecule has 1 amide bonds. The van der Waals surface area contributed by atoms with Gasteiger partial charge in [-0.15, -0.1) is 0 Å². The summed E-state index contributed by atoms with van der Waals surface area (Å²) in [4.78, 5) is 17.7. The van der Waals surface area contributed by atoms with E-state index in [1.54, 1.807) is 18.4 Å². The van der Waals surface area contributed by atoms with Crippen LogP contribution >= 0.6 is 11.3 Å². The third kappa shape index (κ3) is 3.88. The number of amides is 1. The summed E-state index contributed by atoms with van der Waals surface area (Å²) in [6, 6.07) is 2.11. The van der Waals surface area contributed by atoms with Crippen molar-refractivity contribution in [3.05, 3.63) is 34.1 Å². The molecule has 0 spiro atoms. The van der Waals surface area contributed by atoms with Gasteiger partial charge in [-0.25, -0.2) is 0 Å². The van der Waals surface area contributed by atoms with E-state index in [4.69, 9.17) is 4.52 Å². The summed E-state index contributed by atoms with van der Waals surface area (Å²) >= 11 is 1.69. The molecule has 2 rings (SSSR count). The molecule has 6 nitrogen and oxygen atoms in total. The normalized spacial score (nSPS) is 10.9. The zero-order valence-electron chi connectivity index (χ0n) is 11.6. The standard InChI is InChI=1S/C13H18N4O2S/c1-3-5-17(7-10-4-6-20-9-10)8-11-15-12(16-19-11)13(18)14-2/h4,6,9H,3,5,7-8H2,1-2H3,(H,14,18). The fourth-order valence-corrected chi connectivity index (χ4v) is 2.55. The first-order valence-electron chi connectivity index (χ1n) is 6.51. The highest BCUT2D eigenvalue weighted by molar-refractivity contribution is 7.07. The van der Waals surface area contributed by atoms with Crippen molar-refractivity contribution in [2.45, 2.75) is 26.4 Å². The van der Waals surface area contributed by atoms with Gasteiger partial charge in [0.25, 0.3) is 11.7 Å². The molecule has 2 aromatic heterocycles. The van der Waals surface area contributed by atoms with Gasteiger partial charge in [0, 0.05) is 13.6 Å². The first-order valence-corrected chi connectivity index (χ1v) is 7.45. The maximum Gasteiger partial charge on any atom is 0.292 e. The molecule has 0 aliphatic rings. The van der Waals surface area contributed by atoms with E-state index in [9.17, 15) is 4.79 Å². The molecule has 0 aliphatic carbocycles. The summed E-state index contributed by atoms with van der Waals surface area (Å²) in [7, 11) is 1.54. The molecule has 2 aromatic rings. The molecular formula is C13H18N4O2S. The fourth-order valence-electron chi connectivity index (χ4n) is 1.89. The lowest BCUT2D eigenvalue weighted by Crippen LogP contribution is -2.24. The molecule has 0 saturated heterocycles. The monoisotopic (exact) mass is 294 g/mol. The average Bonchev–Trinajstić information content (AvgIpc) is 3.10. The maximum atomic E-state index is 11.4. The lowest BCUT2D eigenvalue weighted by atomic mass is 10.3. The number of nitrogens with one attached hydrogen (secondary N) is 1. The van der Waals surface area contributed by atoms with Crippen molar-refractivity contribution in [3.63, 3.8) is 0 Å². The van der Waals surface area contributed by atoms with Gasteiger partial charge in [-0.3, -0.25) is 9.69 Å². The molecular weight excluding hydrogens is 276 g/mol. The Morgan fingerprint density at radius 1 is 1.50 bits per heavy atom. The van der Waals surface area contributed by atoms with Gasteiger partial charge in [-0.1, -0.05) is 12.1 Å². The number of hydrogen-bond acceptors (Lipinski definition) is 6. The predicted octanol–water partition coefficient (Wildman–Crippen LogP) is 1.90. The zero-order chi connectivity index (χ0) is 14.4. The Labute approximate surface area is 121 Å². The van der Waals surface area contributed by atoms with E-state index in [1.807, 2.05) is 0 Å². The maximum absolute atomic E-state index is 11.4. The smallest absolute Gasteiger partial charge is 0.292 e. The topological polar surface area (TPSA) is 71.3 Å². The molecule has 0 bridgehead atoms. The molecule has 7 heteroatoms. The molecule has 0 aliphatic heterocycles. The van der Waals surface area contributed by atoms with Crippen molar-refractivity contribution in [2.75, 3.05) is 13.6 Å². The quantitative estimate of drug-likeness (QED) is 0.844. The van der Waals surface area contributed by atoms with Gasteiger partial charge < -0.3 is 9.84 Å². The van der Waals surface area contributed by atoms with E-state index in [-0.39, 0.29) is 11.7 Å². The van der Waals surface area contributed by atoms with Crippen molar-refractivity contribution in [1.29, 1.82) is 0 Å². The van der Waals surface area contributed by atoms with Crippen molar-refractivity contribution >= 4 is 17.2 Å². The second kappa shape index (κ2) is 7.16. The third-order valence-corrected chi connectivity index (χ3v) is 3.52. The second-order valence-electron chi connectivity index (χ2n) is 4.43. The minimum absolute atomic E-state index is 0.0782. The Morgan fingerprint density at radius 2 is 2.35 bits per heavy atom. The van der Waals surface area contributed by atoms with Crippen molar-refractivity contribution < 1.29 is 9.32 Å². The highest BCUT2D eigenvalue weighted by Gasteiger charge is 2.15. The van der Waals surface area contributed by atoms with Gasteiger partial charge in [-0.05, 0) is 35.4 Å². The van der Waals surface area contributed by atoms with Gasteiger partial charge in [0.15, 0.2) is 0 Å². The van der Waals surface area contributed by atoms with Crippen LogP contribution in [0.4, 0.5) is 0 Å². The van der Waals surface area contributed by atoms with Crippen LogP contribution in [0.15, 0.2) is 21.3 Å². The molecule has 2 heterocycles. The van der Waals surface area contributed by atoms with Crippen LogP contribution in [0.5, 0.6) is 0 Å². The van der Waals surface area contributed by atoms with Gasteiger partial charge >= 0.3 is 0 Å². The Hall–Kier alpha value is -1.73. The number of carbonyl (C=O) groups is 1. The summed E-state index contributed by atoms with van der Waals surface area (Å²) in [6.07, 6.45) is 1.04. The lowest BCUT2D eigenvalue weighted by Gasteiger charge is -2.18. The van der Waals surface area contributed by atoms with E-state index < -0.39 is 0 Å². The molecule has 108 valence electrons. The summed E-state index contributed by atoms with van der Waals surface area (Å²) < 4.78 is 5.12. The fraction of sp³-hybridized carbons (Fsp3) is 0.462. The average molecular weight is 294 g/mol. The van der Waals surface area contributed by atoms with Crippen LogP contribution in [0.3, 0.4) is 0 Å². The van der Waals surface area contributed by atoms with Crippen LogP contribution in [0.1, 0.15) is 35.4 Å². The van der Waals surface area contributed by atoms with Crippen LogP contribution < -0.4 is 5.32 Å². The molecule has 0 unspecified atom stereocenters. The number of aromatic nitrogens is 2. The van der Waals surface area contributed by atoms with Gasteiger partial charge in [0.05, 0.1) is 6.54 Å². The van der Waals surface area contributed by atoms with E-state index in [2.05, 4.69) is 44.1 Å².